The molecule has 0 saturated heterocycles. The Balaban J connectivity index is 2.27. The van der Waals surface area contributed by atoms with Crippen LogP contribution in [0.3, 0.4) is 0 Å². The molecular weight excluding hydrogens is 316 g/mol. The molecule has 0 atom stereocenters. The van der Waals surface area contributed by atoms with Crippen molar-refractivity contribution in [3.63, 3.8) is 0 Å². The van der Waals surface area contributed by atoms with Gasteiger partial charge in [0.25, 0.3) is 5.91 Å². The van der Waals surface area contributed by atoms with E-state index in [1.54, 1.807) is 12.1 Å². The van der Waals surface area contributed by atoms with E-state index in [4.69, 9.17) is 5.11 Å². The Bertz CT molecular complexity index is 881. The number of nitriles is 1. The molecule has 0 aliphatic carbocycles. The summed E-state index contributed by atoms with van der Waals surface area (Å²) in [6.45, 7) is 5.78. The maximum atomic E-state index is 12.4. The minimum atomic E-state index is -1.03. The molecule has 0 fully saturated rings. The topological polar surface area (TPSA) is 90.2 Å². The van der Waals surface area contributed by atoms with Crippen LogP contribution in [0.4, 0.5) is 5.69 Å². The average molecular weight is 334 g/mol. The molecule has 0 heterocycles. The molecule has 0 spiro atoms. The molecule has 2 rings (SSSR count). The number of nitrogens with zero attached hydrogens (tertiary/aromatic N) is 1. The van der Waals surface area contributed by atoms with Crippen molar-refractivity contribution in [2.45, 2.75) is 20.8 Å². The van der Waals surface area contributed by atoms with Crippen molar-refractivity contribution in [3.05, 3.63) is 69.8 Å². The first-order valence-corrected chi connectivity index (χ1v) is 7.66. The fourth-order valence-corrected chi connectivity index (χ4v) is 2.60. The Morgan fingerprint density at radius 3 is 2.12 bits per heavy atom. The number of aryl methyl sites for hydroxylation is 3. The largest absolute Gasteiger partial charge is 0.478 e. The molecule has 1 amide bonds. The molecular formula is C20H18N2O3. The van der Waals surface area contributed by atoms with Gasteiger partial charge in [0.2, 0.25) is 0 Å². The summed E-state index contributed by atoms with van der Waals surface area (Å²) >= 11 is 0. The van der Waals surface area contributed by atoms with Crippen LogP contribution in [0.25, 0.3) is 6.08 Å². The second-order valence-corrected chi connectivity index (χ2v) is 5.82. The third-order valence-electron chi connectivity index (χ3n) is 3.75. The number of carbonyl (C=O) groups excluding carboxylic acids is 1. The lowest BCUT2D eigenvalue weighted by Gasteiger charge is -2.12. The van der Waals surface area contributed by atoms with Crippen LogP contribution in [0, 0.1) is 32.1 Å². The monoisotopic (exact) mass is 334 g/mol. The van der Waals surface area contributed by atoms with Gasteiger partial charge in [-0.05, 0) is 55.7 Å². The molecule has 126 valence electrons. The Labute approximate surface area is 146 Å². The predicted octanol–water partition coefficient (Wildman–Crippen LogP) is 3.86. The zero-order valence-electron chi connectivity index (χ0n) is 14.3. The van der Waals surface area contributed by atoms with Crippen molar-refractivity contribution in [1.29, 1.82) is 5.26 Å². The molecule has 0 aromatic heterocycles. The van der Waals surface area contributed by atoms with Gasteiger partial charge in [0.1, 0.15) is 11.6 Å². The first kappa shape index (κ1) is 18.0. The van der Waals surface area contributed by atoms with Gasteiger partial charge < -0.3 is 10.4 Å². The van der Waals surface area contributed by atoms with Crippen LogP contribution in [0.15, 0.2) is 42.0 Å². The zero-order valence-corrected chi connectivity index (χ0v) is 14.3. The fourth-order valence-electron chi connectivity index (χ4n) is 2.60. The number of anilines is 1. The van der Waals surface area contributed by atoms with E-state index in [-0.39, 0.29) is 11.1 Å². The summed E-state index contributed by atoms with van der Waals surface area (Å²) in [4.78, 5) is 23.3. The minimum absolute atomic E-state index is 0.0533. The molecule has 5 nitrogen and oxygen atoms in total. The smallest absolute Gasteiger partial charge is 0.335 e. The van der Waals surface area contributed by atoms with E-state index in [0.717, 1.165) is 16.7 Å². The Kier molecular flexibility index (Phi) is 5.35. The highest BCUT2D eigenvalue weighted by atomic mass is 16.4. The van der Waals surface area contributed by atoms with Gasteiger partial charge in [-0.2, -0.15) is 5.26 Å². The van der Waals surface area contributed by atoms with Crippen molar-refractivity contribution in [2.24, 2.45) is 0 Å². The van der Waals surface area contributed by atoms with Crippen LogP contribution in [-0.2, 0) is 4.79 Å². The van der Waals surface area contributed by atoms with E-state index in [1.807, 2.05) is 39.0 Å². The molecule has 0 saturated carbocycles. The van der Waals surface area contributed by atoms with Gasteiger partial charge in [0.15, 0.2) is 0 Å². The standard InChI is InChI=1S/C20H18N2O3/c1-12-8-13(2)18(14(3)9-12)22-19(23)17(11-21)10-15-4-6-16(7-5-15)20(24)25/h4-10H,1-3H3,(H,22,23)(H,24,25)/b17-10+. The van der Waals surface area contributed by atoms with Crippen molar-refractivity contribution in [2.75, 3.05) is 5.32 Å². The van der Waals surface area contributed by atoms with Crippen molar-refractivity contribution in [1.82, 2.24) is 0 Å². The first-order chi connectivity index (χ1) is 11.8. The summed E-state index contributed by atoms with van der Waals surface area (Å²) in [6, 6.07) is 11.8. The minimum Gasteiger partial charge on any atom is -0.478 e. The summed E-state index contributed by atoms with van der Waals surface area (Å²) in [7, 11) is 0. The summed E-state index contributed by atoms with van der Waals surface area (Å²) in [5.41, 5.74) is 4.31. The number of rotatable bonds is 4. The number of nitrogens with one attached hydrogen (secondary N) is 1. The summed E-state index contributed by atoms with van der Waals surface area (Å²) in [6.07, 6.45) is 1.43. The van der Waals surface area contributed by atoms with Crippen LogP contribution < -0.4 is 5.32 Å². The van der Waals surface area contributed by atoms with Gasteiger partial charge in [0, 0.05) is 5.69 Å². The van der Waals surface area contributed by atoms with Crippen LogP contribution in [0.2, 0.25) is 0 Å². The highest BCUT2D eigenvalue weighted by molar-refractivity contribution is 6.10. The normalized spacial score (nSPS) is 10.9. The highest BCUT2D eigenvalue weighted by Crippen LogP contribution is 2.22. The van der Waals surface area contributed by atoms with Crippen molar-refractivity contribution in [3.8, 4) is 6.07 Å². The van der Waals surface area contributed by atoms with Gasteiger partial charge in [0.05, 0.1) is 5.56 Å². The van der Waals surface area contributed by atoms with Crippen LogP contribution in [0.1, 0.15) is 32.6 Å². The predicted molar refractivity (Wildman–Crippen MR) is 96.3 cm³/mol. The van der Waals surface area contributed by atoms with Crippen molar-refractivity contribution >= 4 is 23.6 Å². The van der Waals surface area contributed by atoms with Gasteiger partial charge in [-0.1, -0.05) is 29.8 Å². The second-order valence-electron chi connectivity index (χ2n) is 5.82. The van der Waals surface area contributed by atoms with E-state index < -0.39 is 11.9 Å². The lowest BCUT2D eigenvalue weighted by molar-refractivity contribution is -0.112. The Hall–Kier alpha value is -3.39. The Morgan fingerprint density at radius 2 is 1.64 bits per heavy atom. The number of aromatic carboxylic acids is 1. The van der Waals surface area contributed by atoms with E-state index >= 15 is 0 Å². The number of carbonyl (C=O) groups is 2. The lowest BCUT2D eigenvalue weighted by atomic mass is 10.0. The maximum Gasteiger partial charge on any atom is 0.335 e. The van der Waals surface area contributed by atoms with E-state index in [1.165, 1.54) is 18.2 Å². The number of carboxylic acid groups (broad SMARTS) is 1. The fraction of sp³-hybridized carbons (Fsp3) is 0.150. The zero-order chi connectivity index (χ0) is 18.6. The second kappa shape index (κ2) is 7.45. The molecule has 0 unspecified atom stereocenters. The van der Waals surface area contributed by atoms with E-state index in [0.29, 0.717) is 11.3 Å². The van der Waals surface area contributed by atoms with Crippen molar-refractivity contribution < 1.29 is 14.7 Å². The number of benzene rings is 2. The summed E-state index contributed by atoms with van der Waals surface area (Å²) in [5.74, 6) is -1.53. The molecule has 2 aromatic carbocycles. The maximum absolute atomic E-state index is 12.4. The van der Waals surface area contributed by atoms with Crippen LogP contribution in [-0.4, -0.2) is 17.0 Å². The molecule has 2 N–H and O–H groups in total. The number of carboxylic acids is 1. The number of hydrogen-bond acceptors (Lipinski definition) is 3. The third kappa shape index (κ3) is 4.33. The van der Waals surface area contributed by atoms with E-state index in [9.17, 15) is 14.9 Å². The Morgan fingerprint density at radius 1 is 1.08 bits per heavy atom. The molecule has 0 aliphatic rings. The number of hydrogen-bond donors (Lipinski definition) is 2. The van der Waals surface area contributed by atoms with Gasteiger partial charge >= 0.3 is 5.97 Å². The van der Waals surface area contributed by atoms with Gasteiger partial charge in [-0.25, -0.2) is 4.79 Å². The molecule has 5 heteroatoms. The lowest BCUT2D eigenvalue weighted by Crippen LogP contribution is -2.15. The van der Waals surface area contributed by atoms with Crippen LogP contribution >= 0.6 is 0 Å². The summed E-state index contributed by atoms with van der Waals surface area (Å²) < 4.78 is 0. The SMILES string of the molecule is Cc1cc(C)c(NC(=O)/C(C#N)=C/c2ccc(C(=O)O)cc2)c(C)c1. The van der Waals surface area contributed by atoms with E-state index in [2.05, 4.69) is 5.32 Å². The van der Waals surface area contributed by atoms with Crippen LogP contribution in [0.5, 0.6) is 0 Å². The number of amides is 1. The quantitative estimate of drug-likeness (QED) is 0.656. The highest BCUT2D eigenvalue weighted by Gasteiger charge is 2.13. The molecule has 2 aromatic rings. The molecule has 0 aliphatic heterocycles. The molecule has 0 bridgehead atoms. The van der Waals surface area contributed by atoms with Gasteiger partial charge in [-0.3, -0.25) is 4.79 Å². The first-order valence-electron chi connectivity index (χ1n) is 7.66. The summed E-state index contributed by atoms with van der Waals surface area (Å²) in [5, 5.41) is 21.0. The third-order valence-corrected chi connectivity index (χ3v) is 3.75. The van der Waals surface area contributed by atoms with Gasteiger partial charge in [-0.15, -0.1) is 0 Å². The molecule has 0 radical (unpaired) electrons. The molecule has 25 heavy (non-hydrogen) atoms. The average Bonchev–Trinajstić information content (AvgIpc) is 2.56.